The molecule has 0 bridgehead atoms. The van der Waals surface area contributed by atoms with Crippen LogP contribution in [0.1, 0.15) is 5.56 Å². The minimum Gasteiger partial charge on any atom is -0.299 e. The van der Waals surface area contributed by atoms with Gasteiger partial charge in [-0.1, -0.05) is 85.1 Å². The van der Waals surface area contributed by atoms with E-state index in [0.29, 0.717) is 22.2 Å². The van der Waals surface area contributed by atoms with Crippen LogP contribution in [0, 0.1) is 10.1 Å². The van der Waals surface area contributed by atoms with Gasteiger partial charge in [0.25, 0.3) is 5.69 Å². The first-order valence-corrected chi connectivity index (χ1v) is 11.8. The Hall–Kier alpha value is -4.70. The number of carbonyl (C=O) groups excluding carboxylic acids is 1. The molecular formula is C26H22N6O3S. The van der Waals surface area contributed by atoms with Crippen molar-refractivity contribution in [2.24, 2.45) is 0 Å². The van der Waals surface area contributed by atoms with Gasteiger partial charge in [-0.2, -0.15) is 0 Å². The van der Waals surface area contributed by atoms with Gasteiger partial charge in [0.05, 0.1) is 10.7 Å². The maximum absolute atomic E-state index is 12.4. The van der Waals surface area contributed by atoms with Crippen molar-refractivity contribution < 1.29 is 9.72 Å². The van der Waals surface area contributed by atoms with E-state index in [2.05, 4.69) is 27.6 Å². The zero-order valence-corrected chi connectivity index (χ0v) is 19.9. The van der Waals surface area contributed by atoms with Gasteiger partial charge < -0.3 is 0 Å². The average Bonchev–Trinajstić information content (AvgIpc) is 3.34. The van der Waals surface area contributed by atoms with E-state index in [9.17, 15) is 14.9 Å². The Morgan fingerprint density at radius 3 is 2.44 bits per heavy atom. The number of hydrogen-bond donors (Lipinski definition) is 2. The molecule has 0 aliphatic heterocycles. The van der Waals surface area contributed by atoms with Crippen molar-refractivity contribution in [3.05, 3.63) is 119 Å². The summed E-state index contributed by atoms with van der Waals surface area (Å²) < 4.78 is 1.77. The first-order valence-electron chi connectivity index (χ1n) is 10.9. The van der Waals surface area contributed by atoms with Gasteiger partial charge in [0.15, 0.2) is 11.0 Å². The summed E-state index contributed by atoms with van der Waals surface area (Å²) >= 11 is 1.19. The summed E-state index contributed by atoms with van der Waals surface area (Å²) in [4.78, 5) is 23.2. The summed E-state index contributed by atoms with van der Waals surface area (Å²) in [6.45, 7) is 3.88. The lowest BCUT2D eigenvalue weighted by Gasteiger charge is -2.11. The third kappa shape index (κ3) is 6.24. The highest BCUT2D eigenvalue weighted by Gasteiger charge is 2.19. The molecule has 0 saturated carbocycles. The minimum atomic E-state index is -0.456. The average molecular weight is 499 g/mol. The third-order valence-electron chi connectivity index (χ3n) is 4.93. The summed E-state index contributed by atoms with van der Waals surface area (Å²) in [7, 11) is 0. The first-order chi connectivity index (χ1) is 17.5. The van der Waals surface area contributed by atoms with Gasteiger partial charge in [0.1, 0.15) is 0 Å². The van der Waals surface area contributed by atoms with E-state index in [4.69, 9.17) is 0 Å². The number of non-ortho nitro benzene ring substituents is 1. The zero-order valence-electron chi connectivity index (χ0n) is 19.1. The number of benzene rings is 3. The number of rotatable bonds is 10. The second kappa shape index (κ2) is 11.6. The normalized spacial score (nSPS) is 10.8. The van der Waals surface area contributed by atoms with Gasteiger partial charge in [0.2, 0.25) is 5.91 Å². The van der Waals surface area contributed by atoms with Crippen LogP contribution in [0.3, 0.4) is 0 Å². The predicted molar refractivity (Wildman–Crippen MR) is 140 cm³/mol. The number of nitro benzene ring substituents is 1. The van der Waals surface area contributed by atoms with E-state index < -0.39 is 4.92 Å². The number of para-hydroxylation sites is 1. The predicted octanol–water partition coefficient (Wildman–Crippen LogP) is 4.78. The second-order valence-electron chi connectivity index (χ2n) is 7.52. The van der Waals surface area contributed by atoms with E-state index in [0.717, 1.165) is 11.3 Å². The fourth-order valence-corrected chi connectivity index (χ4v) is 3.99. The number of nitro groups is 1. The molecule has 1 amide bonds. The number of allylic oxidation sites excluding steroid dienone is 1. The maximum Gasteiger partial charge on any atom is 0.270 e. The lowest BCUT2D eigenvalue weighted by Crippen LogP contribution is -2.37. The van der Waals surface area contributed by atoms with Crippen LogP contribution in [0.25, 0.3) is 23.2 Å². The van der Waals surface area contributed by atoms with E-state index >= 15 is 0 Å². The van der Waals surface area contributed by atoms with Crippen LogP contribution < -0.4 is 10.9 Å². The molecule has 1 aromatic heterocycles. The Kier molecular flexibility index (Phi) is 7.89. The number of amides is 1. The van der Waals surface area contributed by atoms with Crippen LogP contribution in [0.4, 0.5) is 5.69 Å². The molecule has 0 unspecified atom stereocenters. The van der Waals surface area contributed by atoms with E-state index in [1.165, 1.54) is 23.9 Å². The van der Waals surface area contributed by atoms with Crippen molar-refractivity contribution in [3.63, 3.8) is 0 Å². The number of nitrogens with zero attached hydrogens (tertiary/aromatic N) is 4. The summed E-state index contributed by atoms with van der Waals surface area (Å²) in [6.07, 6.45) is 3.65. The largest absolute Gasteiger partial charge is 0.299 e. The molecule has 0 spiro atoms. The molecule has 2 N–H and O–H groups in total. The Bertz CT molecular complexity index is 1400. The molecule has 0 saturated heterocycles. The van der Waals surface area contributed by atoms with Crippen LogP contribution in [-0.2, 0) is 4.79 Å². The van der Waals surface area contributed by atoms with Crippen LogP contribution in [-0.4, -0.2) is 31.3 Å². The number of hydrazine groups is 1. The summed E-state index contributed by atoms with van der Waals surface area (Å²) in [5, 5.41) is 20.2. The van der Waals surface area contributed by atoms with Crippen LogP contribution >= 0.6 is 11.8 Å². The molecule has 0 radical (unpaired) electrons. The standard InChI is InChI=1S/C26H22N6O3S/c1-19(15-16-20-9-4-2-5-10-20)27-28-24(33)18-36-26-30-29-25(31(26)22-12-6-3-7-13-22)21-11-8-14-23(17-21)32(34)35/h2-17,27H,1,18H2,(H,28,33). The Labute approximate surface area is 211 Å². The van der Waals surface area contributed by atoms with Crippen molar-refractivity contribution in [2.45, 2.75) is 5.16 Å². The lowest BCUT2D eigenvalue weighted by molar-refractivity contribution is -0.384. The number of carbonyl (C=O) groups is 1. The Morgan fingerprint density at radius 1 is 1.00 bits per heavy atom. The topological polar surface area (TPSA) is 115 Å². The van der Waals surface area contributed by atoms with Crippen molar-refractivity contribution in [1.29, 1.82) is 0 Å². The SMILES string of the molecule is C=C(C=Cc1ccccc1)NNC(=O)CSc1nnc(-c2cccc([N+](=O)[O-])c2)n1-c1ccccc1. The monoisotopic (exact) mass is 498 g/mol. The van der Waals surface area contributed by atoms with Gasteiger partial charge >= 0.3 is 0 Å². The molecular weight excluding hydrogens is 476 g/mol. The fraction of sp³-hybridized carbons (Fsp3) is 0.0385. The summed E-state index contributed by atoms with van der Waals surface area (Å²) in [6, 6.07) is 25.3. The number of nitrogens with one attached hydrogen (secondary N) is 2. The summed E-state index contributed by atoms with van der Waals surface area (Å²) in [5.74, 6) is 0.210. The summed E-state index contributed by atoms with van der Waals surface area (Å²) in [5.41, 5.74) is 8.20. The van der Waals surface area contributed by atoms with Crippen LogP contribution in [0.15, 0.2) is 108 Å². The minimum absolute atomic E-state index is 0.0451. The van der Waals surface area contributed by atoms with Gasteiger partial charge in [-0.25, -0.2) is 0 Å². The fourth-order valence-electron chi connectivity index (χ4n) is 3.24. The van der Waals surface area contributed by atoms with Crippen molar-refractivity contribution in [3.8, 4) is 17.1 Å². The number of aromatic nitrogens is 3. The molecule has 0 fully saturated rings. The van der Waals surface area contributed by atoms with Crippen molar-refractivity contribution in [1.82, 2.24) is 25.6 Å². The highest BCUT2D eigenvalue weighted by atomic mass is 32.2. The molecule has 4 rings (SSSR count). The smallest absolute Gasteiger partial charge is 0.270 e. The van der Waals surface area contributed by atoms with Crippen LogP contribution in [0.5, 0.6) is 0 Å². The van der Waals surface area contributed by atoms with Crippen molar-refractivity contribution in [2.75, 3.05) is 5.75 Å². The number of hydrogen-bond acceptors (Lipinski definition) is 7. The maximum atomic E-state index is 12.4. The molecule has 10 heteroatoms. The molecule has 1 heterocycles. The van der Waals surface area contributed by atoms with E-state index in [-0.39, 0.29) is 17.3 Å². The first kappa shape index (κ1) is 24.4. The molecule has 0 atom stereocenters. The number of thioether (sulfide) groups is 1. The molecule has 9 nitrogen and oxygen atoms in total. The van der Waals surface area contributed by atoms with E-state index in [1.807, 2.05) is 66.7 Å². The van der Waals surface area contributed by atoms with E-state index in [1.54, 1.807) is 22.8 Å². The zero-order chi connectivity index (χ0) is 25.3. The quantitative estimate of drug-likeness (QED) is 0.140. The van der Waals surface area contributed by atoms with Gasteiger partial charge in [0, 0.05) is 29.1 Å². The van der Waals surface area contributed by atoms with Gasteiger partial charge in [-0.05, 0) is 23.8 Å². The molecule has 0 aliphatic rings. The van der Waals surface area contributed by atoms with Crippen molar-refractivity contribution >= 4 is 29.4 Å². The van der Waals surface area contributed by atoms with Crippen LogP contribution in [0.2, 0.25) is 0 Å². The molecule has 180 valence electrons. The second-order valence-corrected chi connectivity index (χ2v) is 8.46. The lowest BCUT2D eigenvalue weighted by atomic mass is 10.2. The van der Waals surface area contributed by atoms with Gasteiger partial charge in [-0.3, -0.25) is 30.3 Å². The molecule has 36 heavy (non-hydrogen) atoms. The molecule has 0 aliphatic carbocycles. The third-order valence-corrected chi connectivity index (χ3v) is 5.86. The highest BCUT2D eigenvalue weighted by molar-refractivity contribution is 7.99. The van der Waals surface area contributed by atoms with Gasteiger partial charge in [-0.15, -0.1) is 10.2 Å². The Morgan fingerprint density at radius 2 is 1.72 bits per heavy atom. The highest BCUT2D eigenvalue weighted by Crippen LogP contribution is 2.29. The molecule has 3 aromatic carbocycles. The Balaban J connectivity index is 1.45. The molecule has 4 aromatic rings.